The van der Waals surface area contributed by atoms with Gasteiger partial charge in [0, 0.05) is 18.0 Å². The van der Waals surface area contributed by atoms with Crippen LogP contribution in [0.25, 0.3) is 0 Å². The first-order chi connectivity index (χ1) is 15.3. The highest BCUT2D eigenvalue weighted by atomic mass is 16.4. The van der Waals surface area contributed by atoms with Gasteiger partial charge in [-0.25, -0.2) is 0 Å². The van der Waals surface area contributed by atoms with Gasteiger partial charge in [0.1, 0.15) is 6.54 Å². The number of hydrogen-bond donors (Lipinski definition) is 1. The standard InChI is InChI=1S/C21H38N.C6H10O4/c1-4-5-6-7-8-9-10-11-12-16-19-22(2,3)20-21-17-14-13-15-18-21;7-5(8)3-1-2-4-6(9)10/h13-15,17-18H,4-12,16,19-20H2,1-3H3;1-4H2,(H,7,8)(H,9,10)/q+1;/p-1. The summed E-state index contributed by atoms with van der Waals surface area (Å²) in [6, 6.07) is 10.9. The molecule has 1 rings (SSSR count). The smallest absolute Gasteiger partial charge is 0.303 e. The molecule has 0 fully saturated rings. The number of benzene rings is 1. The van der Waals surface area contributed by atoms with Gasteiger partial charge in [-0.15, -0.1) is 0 Å². The molecule has 32 heavy (non-hydrogen) atoms. The first-order valence-corrected chi connectivity index (χ1v) is 12.5. The lowest BCUT2D eigenvalue weighted by atomic mass is 10.1. The molecule has 0 aliphatic heterocycles. The van der Waals surface area contributed by atoms with E-state index in [0.29, 0.717) is 12.8 Å². The summed E-state index contributed by atoms with van der Waals surface area (Å²) >= 11 is 0. The van der Waals surface area contributed by atoms with Crippen molar-refractivity contribution in [3.63, 3.8) is 0 Å². The molecule has 0 bridgehead atoms. The van der Waals surface area contributed by atoms with E-state index in [1.165, 1.54) is 76.3 Å². The summed E-state index contributed by atoms with van der Waals surface area (Å²) in [6.07, 6.45) is 15.0. The van der Waals surface area contributed by atoms with Crippen LogP contribution >= 0.6 is 0 Å². The van der Waals surface area contributed by atoms with E-state index < -0.39 is 11.9 Å². The maximum atomic E-state index is 9.88. The highest BCUT2D eigenvalue weighted by molar-refractivity contribution is 5.67. The number of carboxylic acid groups (broad SMARTS) is 2. The Balaban J connectivity index is 0.000000809. The number of carbonyl (C=O) groups is 2. The second-order valence-corrected chi connectivity index (χ2v) is 9.46. The maximum Gasteiger partial charge on any atom is 0.303 e. The number of carbonyl (C=O) groups excluding carboxylic acids is 1. The molecule has 5 nitrogen and oxygen atoms in total. The summed E-state index contributed by atoms with van der Waals surface area (Å²) < 4.78 is 1.11. The highest BCUT2D eigenvalue weighted by Gasteiger charge is 2.14. The van der Waals surface area contributed by atoms with Gasteiger partial charge in [0.05, 0.1) is 20.6 Å². The third-order valence-electron chi connectivity index (χ3n) is 5.59. The fraction of sp³-hybridized carbons (Fsp3) is 0.704. The van der Waals surface area contributed by atoms with Gasteiger partial charge >= 0.3 is 5.97 Å². The van der Waals surface area contributed by atoms with Crippen LogP contribution in [-0.4, -0.2) is 42.2 Å². The van der Waals surface area contributed by atoms with Crippen LogP contribution in [0, 0.1) is 0 Å². The van der Waals surface area contributed by atoms with E-state index in [1.807, 2.05) is 0 Å². The predicted octanol–water partition coefficient (Wildman–Crippen LogP) is 5.57. The van der Waals surface area contributed by atoms with Gasteiger partial charge in [0.25, 0.3) is 0 Å². The van der Waals surface area contributed by atoms with E-state index in [9.17, 15) is 14.7 Å². The number of carboxylic acids is 2. The van der Waals surface area contributed by atoms with Crippen LogP contribution in [-0.2, 0) is 16.1 Å². The average molecular weight is 450 g/mol. The third kappa shape index (κ3) is 21.4. The Hall–Kier alpha value is -1.88. The minimum atomic E-state index is -1.12. The van der Waals surface area contributed by atoms with Crippen molar-refractivity contribution in [2.75, 3.05) is 20.6 Å². The van der Waals surface area contributed by atoms with Crippen molar-refractivity contribution in [1.29, 1.82) is 0 Å². The lowest BCUT2D eigenvalue weighted by Crippen LogP contribution is -2.39. The van der Waals surface area contributed by atoms with Crippen LogP contribution in [0.5, 0.6) is 0 Å². The Morgan fingerprint density at radius 2 is 1.28 bits per heavy atom. The third-order valence-corrected chi connectivity index (χ3v) is 5.59. The molecule has 0 saturated heterocycles. The summed E-state index contributed by atoms with van der Waals surface area (Å²) in [5, 5.41) is 17.9. The Kier molecular flexibility index (Phi) is 18.6. The zero-order valence-electron chi connectivity index (χ0n) is 20.8. The van der Waals surface area contributed by atoms with Gasteiger partial charge in [0.2, 0.25) is 0 Å². The van der Waals surface area contributed by atoms with Crippen molar-refractivity contribution in [1.82, 2.24) is 0 Å². The van der Waals surface area contributed by atoms with Gasteiger partial charge in [-0.1, -0.05) is 88.6 Å². The van der Waals surface area contributed by atoms with E-state index in [1.54, 1.807) is 0 Å². The Morgan fingerprint density at radius 3 is 1.78 bits per heavy atom. The predicted molar refractivity (Wildman–Crippen MR) is 130 cm³/mol. The molecule has 0 radical (unpaired) electrons. The van der Waals surface area contributed by atoms with Gasteiger partial charge in [-0.3, -0.25) is 4.79 Å². The Labute approximate surface area is 196 Å². The van der Waals surface area contributed by atoms with E-state index in [2.05, 4.69) is 51.4 Å². The number of nitrogens with zero attached hydrogens (tertiary/aromatic N) is 1. The van der Waals surface area contributed by atoms with Crippen molar-refractivity contribution in [3.8, 4) is 0 Å². The maximum absolute atomic E-state index is 9.88. The molecule has 0 heterocycles. The topological polar surface area (TPSA) is 77.4 Å². The summed E-state index contributed by atoms with van der Waals surface area (Å²) in [7, 11) is 4.72. The highest BCUT2D eigenvalue weighted by Crippen LogP contribution is 2.14. The van der Waals surface area contributed by atoms with E-state index >= 15 is 0 Å². The molecule has 0 atom stereocenters. The van der Waals surface area contributed by atoms with Crippen molar-refractivity contribution in [3.05, 3.63) is 35.9 Å². The number of unbranched alkanes of at least 4 members (excludes halogenated alkanes) is 10. The van der Waals surface area contributed by atoms with Gasteiger partial charge in [-0.2, -0.15) is 0 Å². The zero-order valence-corrected chi connectivity index (χ0v) is 20.8. The van der Waals surface area contributed by atoms with Crippen molar-refractivity contribution < 1.29 is 24.3 Å². The van der Waals surface area contributed by atoms with Crippen LogP contribution in [0.2, 0.25) is 0 Å². The van der Waals surface area contributed by atoms with E-state index in [-0.39, 0.29) is 12.8 Å². The zero-order chi connectivity index (χ0) is 24.1. The SMILES string of the molecule is CCCCCCCCCCCC[N+](C)(C)Cc1ccccc1.O=C([O-])CCCCC(=O)O. The van der Waals surface area contributed by atoms with E-state index in [4.69, 9.17) is 5.11 Å². The fourth-order valence-corrected chi connectivity index (χ4v) is 3.73. The molecule has 0 aromatic heterocycles. The molecule has 0 saturated carbocycles. The molecule has 0 aliphatic carbocycles. The molecular weight excluding hydrogens is 402 g/mol. The lowest BCUT2D eigenvalue weighted by molar-refractivity contribution is -0.903. The minimum absolute atomic E-state index is 0.0350. The average Bonchev–Trinajstić information content (AvgIpc) is 2.73. The molecule has 1 N–H and O–H groups in total. The summed E-state index contributed by atoms with van der Waals surface area (Å²) in [5.74, 6) is -2.01. The lowest BCUT2D eigenvalue weighted by Gasteiger charge is -2.30. The number of rotatable bonds is 18. The van der Waals surface area contributed by atoms with Gasteiger partial charge < -0.3 is 19.5 Å². The summed E-state index contributed by atoms with van der Waals surface area (Å²) in [4.78, 5) is 19.7. The molecule has 0 aliphatic rings. The molecule has 0 amide bonds. The van der Waals surface area contributed by atoms with Gasteiger partial charge in [0.15, 0.2) is 0 Å². The largest absolute Gasteiger partial charge is 0.550 e. The molecule has 5 heteroatoms. The first kappa shape index (κ1) is 30.1. The molecule has 1 aromatic rings. The van der Waals surface area contributed by atoms with Crippen LogP contribution in [0.3, 0.4) is 0 Å². The van der Waals surface area contributed by atoms with Crippen LogP contribution in [0.1, 0.15) is 102 Å². The molecule has 1 aromatic carbocycles. The second-order valence-electron chi connectivity index (χ2n) is 9.46. The first-order valence-electron chi connectivity index (χ1n) is 12.5. The second kappa shape index (κ2) is 19.8. The van der Waals surface area contributed by atoms with Crippen LogP contribution in [0.15, 0.2) is 30.3 Å². The molecule has 184 valence electrons. The summed E-state index contributed by atoms with van der Waals surface area (Å²) in [5.41, 5.74) is 1.46. The summed E-state index contributed by atoms with van der Waals surface area (Å²) in [6.45, 7) is 4.74. The van der Waals surface area contributed by atoms with Crippen molar-refractivity contribution >= 4 is 11.9 Å². The molecular formula is C27H47NO4. The Bertz CT molecular complexity index is 571. The van der Waals surface area contributed by atoms with Crippen molar-refractivity contribution in [2.45, 2.75) is 103 Å². The van der Waals surface area contributed by atoms with Crippen LogP contribution in [0.4, 0.5) is 0 Å². The number of aliphatic carboxylic acids is 2. The quantitative estimate of drug-likeness (QED) is 0.235. The van der Waals surface area contributed by atoms with Crippen molar-refractivity contribution in [2.24, 2.45) is 0 Å². The van der Waals surface area contributed by atoms with Crippen LogP contribution < -0.4 is 5.11 Å². The molecule has 0 spiro atoms. The fourth-order valence-electron chi connectivity index (χ4n) is 3.73. The van der Waals surface area contributed by atoms with E-state index in [0.717, 1.165) is 11.0 Å². The minimum Gasteiger partial charge on any atom is -0.550 e. The monoisotopic (exact) mass is 449 g/mol. The Morgan fingerprint density at radius 1 is 0.781 bits per heavy atom. The van der Waals surface area contributed by atoms with Gasteiger partial charge in [-0.05, 0) is 32.1 Å². The number of hydrogen-bond acceptors (Lipinski definition) is 3. The normalized spacial score (nSPS) is 11.0. The molecule has 0 unspecified atom stereocenters. The number of quaternary nitrogens is 1.